The highest BCUT2D eigenvalue weighted by molar-refractivity contribution is 7.16. The summed E-state index contributed by atoms with van der Waals surface area (Å²) in [5, 5.41) is 0.868. The fourth-order valence-electron chi connectivity index (χ4n) is 2.29. The minimum absolute atomic E-state index is 0.289. The lowest BCUT2D eigenvalue weighted by Crippen LogP contribution is -2.11. The van der Waals surface area contributed by atoms with Gasteiger partial charge in [-0.2, -0.15) is 0 Å². The number of anilines is 1. The number of hydrogen-bond acceptors (Lipinski definition) is 4. The van der Waals surface area contributed by atoms with Gasteiger partial charge in [-0.15, -0.1) is 11.3 Å². The summed E-state index contributed by atoms with van der Waals surface area (Å²) in [5.41, 5.74) is 8.56. The highest BCUT2D eigenvalue weighted by Crippen LogP contribution is 2.40. The van der Waals surface area contributed by atoms with E-state index in [0.717, 1.165) is 23.4 Å². The maximum Gasteiger partial charge on any atom is 0.186 e. The number of fused-ring (bicyclic) bond motifs is 1. The Kier molecular flexibility index (Phi) is 3.84. The molecule has 1 aromatic heterocycles. The number of aryl methyl sites for hydroxylation is 1. The fraction of sp³-hybridized carbons (Fsp3) is 0.667. The van der Waals surface area contributed by atoms with Crippen LogP contribution in [0.2, 0.25) is 0 Å². The second kappa shape index (κ2) is 5.17. The first kappa shape index (κ1) is 11.9. The average molecular weight is 241 g/mol. The Bertz CT molecular complexity index is 362. The lowest BCUT2D eigenvalue weighted by atomic mass is 9.95. The van der Waals surface area contributed by atoms with Gasteiger partial charge in [0.05, 0.1) is 5.00 Å². The van der Waals surface area contributed by atoms with Crippen molar-refractivity contribution in [3.8, 4) is 0 Å². The van der Waals surface area contributed by atoms with E-state index in [9.17, 15) is 0 Å². The minimum Gasteiger partial charge on any atom is -0.390 e. The highest BCUT2D eigenvalue weighted by atomic mass is 32.1. The van der Waals surface area contributed by atoms with Crippen LogP contribution in [0.5, 0.6) is 0 Å². The first-order valence-electron chi connectivity index (χ1n) is 5.82. The van der Waals surface area contributed by atoms with Crippen molar-refractivity contribution >= 4 is 16.3 Å². The Morgan fingerprint density at radius 1 is 1.38 bits per heavy atom. The Morgan fingerprint density at radius 3 is 2.81 bits per heavy atom. The van der Waals surface area contributed by atoms with E-state index in [1.807, 2.05) is 6.92 Å². The lowest BCUT2D eigenvalue weighted by molar-refractivity contribution is -0.123. The molecule has 16 heavy (non-hydrogen) atoms. The second-order valence-corrected chi connectivity index (χ2v) is 5.15. The van der Waals surface area contributed by atoms with E-state index in [2.05, 4.69) is 0 Å². The van der Waals surface area contributed by atoms with Crippen LogP contribution in [0.3, 0.4) is 0 Å². The van der Waals surface area contributed by atoms with Crippen LogP contribution in [0.25, 0.3) is 0 Å². The van der Waals surface area contributed by atoms with E-state index >= 15 is 0 Å². The van der Waals surface area contributed by atoms with Crippen LogP contribution in [0.15, 0.2) is 0 Å². The Labute approximate surface area is 101 Å². The molecule has 0 spiro atoms. The number of methoxy groups -OCH3 is 1. The van der Waals surface area contributed by atoms with Gasteiger partial charge in [0.15, 0.2) is 6.29 Å². The summed E-state index contributed by atoms with van der Waals surface area (Å²) >= 11 is 1.70. The monoisotopic (exact) mass is 241 g/mol. The van der Waals surface area contributed by atoms with Gasteiger partial charge in [0.25, 0.3) is 0 Å². The molecule has 0 fully saturated rings. The normalized spacial score (nSPS) is 17.1. The highest BCUT2D eigenvalue weighted by Gasteiger charge is 2.25. The smallest absolute Gasteiger partial charge is 0.186 e. The molecule has 2 N–H and O–H groups in total. The zero-order chi connectivity index (χ0) is 11.5. The van der Waals surface area contributed by atoms with Crippen molar-refractivity contribution in [2.75, 3.05) is 19.5 Å². The van der Waals surface area contributed by atoms with Crippen molar-refractivity contribution in [3.63, 3.8) is 0 Å². The topological polar surface area (TPSA) is 44.5 Å². The quantitative estimate of drug-likeness (QED) is 0.824. The third-order valence-corrected chi connectivity index (χ3v) is 4.15. The van der Waals surface area contributed by atoms with Crippen LogP contribution >= 0.6 is 11.3 Å². The molecule has 1 aromatic rings. The Hall–Kier alpha value is -0.580. The van der Waals surface area contributed by atoms with Gasteiger partial charge < -0.3 is 15.2 Å². The van der Waals surface area contributed by atoms with Gasteiger partial charge in [-0.05, 0) is 38.2 Å². The van der Waals surface area contributed by atoms with Crippen LogP contribution in [0.1, 0.15) is 42.1 Å². The van der Waals surface area contributed by atoms with Crippen LogP contribution in [-0.2, 0) is 22.3 Å². The molecule has 4 heteroatoms. The molecule has 1 atom stereocenters. The maximum atomic E-state index is 6.09. The van der Waals surface area contributed by atoms with Crippen LogP contribution in [-0.4, -0.2) is 13.7 Å². The summed E-state index contributed by atoms with van der Waals surface area (Å²) < 4.78 is 11.0. The van der Waals surface area contributed by atoms with Crippen LogP contribution in [0.4, 0.5) is 5.00 Å². The van der Waals surface area contributed by atoms with Gasteiger partial charge in [-0.25, -0.2) is 0 Å². The molecule has 0 saturated carbocycles. The molecule has 90 valence electrons. The second-order valence-electron chi connectivity index (χ2n) is 4.01. The molecule has 1 heterocycles. The number of rotatable bonds is 4. The largest absolute Gasteiger partial charge is 0.390 e. The minimum atomic E-state index is -0.289. The number of ether oxygens (including phenoxy) is 2. The Morgan fingerprint density at radius 2 is 2.12 bits per heavy atom. The molecule has 3 nitrogen and oxygen atoms in total. The Balaban J connectivity index is 2.34. The molecule has 1 aliphatic carbocycles. The van der Waals surface area contributed by atoms with Gasteiger partial charge in [0.2, 0.25) is 0 Å². The molecule has 0 saturated heterocycles. The molecule has 1 aliphatic rings. The SMILES string of the molecule is CCOC(OC)c1c(N)sc2c1CCCC2. The summed E-state index contributed by atoms with van der Waals surface area (Å²) in [6.07, 6.45) is 4.51. The van der Waals surface area contributed by atoms with E-state index in [1.165, 1.54) is 23.3 Å². The molecule has 0 amide bonds. The summed E-state index contributed by atoms with van der Waals surface area (Å²) in [4.78, 5) is 1.43. The molecule has 0 aromatic carbocycles. The summed E-state index contributed by atoms with van der Waals surface area (Å²) in [7, 11) is 1.67. The average Bonchev–Trinajstić information content (AvgIpc) is 2.62. The van der Waals surface area contributed by atoms with Crippen molar-refractivity contribution in [1.29, 1.82) is 0 Å². The van der Waals surface area contributed by atoms with Crippen molar-refractivity contribution in [2.45, 2.75) is 38.9 Å². The first-order chi connectivity index (χ1) is 7.77. The molecular weight excluding hydrogens is 222 g/mol. The van der Waals surface area contributed by atoms with Gasteiger partial charge in [0, 0.05) is 24.2 Å². The van der Waals surface area contributed by atoms with Gasteiger partial charge >= 0.3 is 0 Å². The fourth-order valence-corrected chi connectivity index (χ4v) is 3.47. The standard InChI is InChI=1S/C12H19NO2S/c1-3-15-12(14-2)10-8-6-4-5-7-9(8)16-11(10)13/h12H,3-7,13H2,1-2H3. The first-order valence-corrected chi connectivity index (χ1v) is 6.63. The van der Waals surface area contributed by atoms with E-state index < -0.39 is 0 Å². The maximum absolute atomic E-state index is 6.09. The van der Waals surface area contributed by atoms with Crippen molar-refractivity contribution in [2.24, 2.45) is 0 Å². The third-order valence-electron chi connectivity index (χ3n) is 3.01. The molecule has 0 aliphatic heterocycles. The number of nitrogens with two attached hydrogens (primary N) is 1. The van der Waals surface area contributed by atoms with E-state index in [4.69, 9.17) is 15.2 Å². The summed E-state index contributed by atoms with van der Waals surface area (Å²) in [6.45, 7) is 2.61. The van der Waals surface area contributed by atoms with Crippen LogP contribution in [0, 0.1) is 0 Å². The summed E-state index contributed by atoms with van der Waals surface area (Å²) in [6, 6.07) is 0. The molecular formula is C12H19NO2S. The predicted octanol–water partition coefficient (Wildman–Crippen LogP) is 2.89. The van der Waals surface area contributed by atoms with Crippen molar-refractivity contribution in [3.05, 3.63) is 16.0 Å². The molecule has 1 unspecified atom stereocenters. The van der Waals surface area contributed by atoms with E-state index in [-0.39, 0.29) is 6.29 Å². The summed E-state index contributed by atoms with van der Waals surface area (Å²) in [5.74, 6) is 0. The zero-order valence-electron chi connectivity index (χ0n) is 9.91. The third kappa shape index (κ3) is 2.10. The van der Waals surface area contributed by atoms with Crippen molar-refractivity contribution < 1.29 is 9.47 Å². The molecule has 2 rings (SSSR count). The van der Waals surface area contributed by atoms with E-state index in [0.29, 0.717) is 6.61 Å². The van der Waals surface area contributed by atoms with Crippen LogP contribution < -0.4 is 5.73 Å². The number of thiophene rings is 1. The zero-order valence-corrected chi connectivity index (χ0v) is 10.7. The predicted molar refractivity (Wildman–Crippen MR) is 66.7 cm³/mol. The van der Waals surface area contributed by atoms with E-state index in [1.54, 1.807) is 18.4 Å². The van der Waals surface area contributed by atoms with Gasteiger partial charge in [0.1, 0.15) is 0 Å². The molecule has 0 radical (unpaired) electrons. The number of nitrogen functional groups attached to an aromatic ring is 1. The lowest BCUT2D eigenvalue weighted by Gasteiger charge is -2.19. The van der Waals surface area contributed by atoms with Crippen molar-refractivity contribution in [1.82, 2.24) is 0 Å². The van der Waals surface area contributed by atoms with Gasteiger partial charge in [-0.1, -0.05) is 0 Å². The van der Waals surface area contributed by atoms with Gasteiger partial charge in [-0.3, -0.25) is 0 Å². The molecule has 0 bridgehead atoms. The number of hydrogen-bond donors (Lipinski definition) is 1.